The molecule has 3 rings (SSSR count). The van der Waals surface area contributed by atoms with Crippen molar-refractivity contribution in [2.45, 2.75) is 132 Å². The lowest BCUT2D eigenvalue weighted by molar-refractivity contribution is -0.127. The molecule has 0 amide bonds. The summed E-state index contributed by atoms with van der Waals surface area (Å²) in [6, 6.07) is 0. The number of aliphatic hydroxyl groups excluding tert-OH is 2. The summed E-state index contributed by atoms with van der Waals surface area (Å²) in [7, 11) is 0. The van der Waals surface area contributed by atoms with Gasteiger partial charge in [-0.3, -0.25) is 0 Å². The molecule has 182 valence electrons. The third-order valence-electron chi connectivity index (χ3n) is 10.6. The van der Waals surface area contributed by atoms with Crippen molar-refractivity contribution >= 4 is 0 Å². The first kappa shape index (κ1) is 25.5. The Balaban J connectivity index is 1.97. The minimum absolute atomic E-state index is 0.140. The zero-order valence-electron chi connectivity index (χ0n) is 22.3. The summed E-state index contributed by atoms with van der Waals surface area (Å²) < 4.78 is 0. The minimum Gasteiger partial charge on any atom is -0.393 e. The Bertz CT molecular complexity index is 569. The Morgan fingerprint density at radius 2 is 1.10 bits per heavy atom. The molecule has 0 radical (unpaired) electrons. The molecule has 7 unspecified atom stereocenters. The SMILES string of the molecule is CC1CCC(C2CCC(O)C(C(C)(C)C)C2)(C2CCC(O)C(C(C)(C)C)C2)CC1(C)C. The molecular weight excluding hydrogens is 380 g/mol. The van der Waals surface area contributed by atoms with Gasteiger partial charge in [-0.2, -0.15) is 0 Å². The summed E-state index contributed by atoms with van der Waals surface area (Å²) in [5.41, 5.74) is 1.07. The molecule has 7 atom stereocenters. The van der Waals surface area contributed by atoms with Crippen LogP contribution in [0.3, 0.4) is 0 Å². The van der Waals surface area contributed by atoms with Gasteiger partial charge in [0.2, 0.25) is 0 Å². The van der Waals surface area contributed by atoms with Crippen LogP contribution in [0.1, 0.15) is 120 Å². The average molecular weight is 435 g/mol. The van der Waals surface area contributed by atoms with Crippen LogP contribution in [-0.2, 0) is 0 Å². The van der Waals surface area contributed by atoms with Gasteiger partial charge in [0.25, 0.3) is 0 Å². The average Bonchev–Trinajstić information content (AvgIpc) is 2.63. The van der Waals surface area contributed by atoms with Gasteiger partial charge in [-0.25, -0.2) is 0 Å². The van der Waals surface area contributed by atoms with E-state index in [1.54, 1.807) is 0 Å². The van der Waals surface area contributed by atoms with Crippen LogP contribution in [0.2, 0.25) is 0 Å². The van der Waals surface area contributed by atoms with Crippen LogP contribution in [0.5, 0.6) is 0 Å². The van der Waals surface area contributed by atoms with Gasteiger partial charge >= 0.3 is 0 Å². The normalized spacial score (nSPS) is 44.8. The van der Waals surface area contributed by atoms with Crippen molar-refractivity contribution in [2.24, 2.45) is 51.2 Å². The molecule has 3 saturated carbocycles. The third-order valence-corrected chi connectivity index (χ3v) is 10.6. The first-order valence-electron chi connectivity index (χ1n) is 13.4. The first-order chi connectivity index (χ1) is 14.1. The largest absolute Gasteiger partial charge is 0.393 e. The van der Waals surface area contributed by atoms with E-state index in [1.165, 1.54) is 44.9 Å². The fraction of sp³-hybridized carbons (Fsp3) is 1.00. The first-order valence-corrected chi connectivity index (χ1v) is 13.4. The van der Waals surface area contributed by atoms with E-state index in [-0.39, 0.29) is 23.0 Å². The Morgan fingerprint density at radius 1 is 0.677 bits per heavy atom. The number of hydrogen-bond donors (Lipinski definition) is 2. The van der Waals surface area contributed by atoms with Crippen LogP contribution in [0.4, 0.5) is 0 Å². The van der Waals surface area contributed by atoms with Crippen LogP contribution in [0, 0.1) is 51.2 Å². The lowest BCUT2D eigenvalue weighted by Gasteiger charge is -2.60. The smallest absolute Gasteiger partial charge is 0.0573 e. The second-order valence-corrected chi connectivity index (χ2v) is 14.9. The quantitative estimate of drug-likeness (QED) is 0.473. The fourth-order valence-electron chi connectivity index (χ4n) is 8.23. The van der Waals surface area contributed by atoms with Crippen LogP contribution >= 0.6 is 0 Å². The molecule has 2 heteroatoms. The van der Waals surface area contributed by atoms with Gasteiger partial charge in [-0.15, -0.1) is 0 Å². The molecule has 2 N–H and O–H groups in total. The fourth-order valence-corrected chi connectivity index (χ4v) is 8.23. The van der Waals surface area contributed by atoms with Crippen molar-refractivity contribution in [1.82, 2.24) is 0 Å². The Kier molecular flexibility index (Phi) is 7.09. The van der Waals surface area contributed by atoms with Gasteiger partial charge in [0, 0.05) is 0 Å². The van der Waals surface area contributed by atoms with Gasteiger partial charge in [-0.05, 0) is 109 Å². The van der Waals surface area contributed by atoms with E-state index in [4.69, 9.17) is 0 Å². The lowest BCUT2D eigenvalue weighted by atomic mass is 9.45. The summed E-state index contributed by atoms with van der Waals surface area (Å²) in [5.74, 6) is 3.01. The van der Waals surface area contributed by atoms with Gasteiger partial charge in [0.05, 0.1) is 12.2 Å². The van der Waals surface area contributed by atoms with Crippen molar-refractivity contribution in [2.75, 3.05) is 0 Å². The van der Waals surface area contributed by atoms with E-state index in [0.717, 1.165) is 18.8 Å². The van der Waals surface area contributed by atoms with E-state index < -0.39 is 0 Å². The summed E-state index contributed by atoms with van der Waals surface area (Å²) in [5, 5.41) is 21.8. The summed E-state index contributed by atoms with van der Waals surface area (Å²) >= 11 is 0. The molecule has 0 aromatic carbocycles. The lowest BCUT2D eigenvalue weighted by Crippen LogP contribution is -2.53. The van der Waals surface area contributed by atoms with Crippen LogP contribution in [0.25, 0.3) is 0 Å². The number of rotatable bonds is 2. The molecule has 0 bridgehead atoms. The molecule has 0 aromatic heterocycles. The van der Waals surface area contributed by atoms with E-state index in [0.29, 0.717) is 34.5 Å². The maximum absolute atomic E-state index is 10.9. The molecule has 0 aromatic rings. The number of aliphatic hydroxyl groups is 2. The molecule has 31 heavy (non-hydrogen) atoms. The molecule has 3 aliphatic carbocycles. The molecule has 2 nitrogen and oxygen atoms in total. The monoisotopic (exact) mass is 434 g/mol. The minimum atomic E-state index is -0.140. The Morgan fingerprint density at radius 3 is 1.45 bits per heavy atom. The van der Waals surface area contributed by atoms with E-state index >= 15 is 0 Å². The zero-order chi connectivity index (χ0) is 23.4. The summed E-state index contributed by atoms with van der Waals surface area (Å²) in [4.78, 5) is 0. The molecule has 3 aliphatic rings. The molecule has 0 saturated heterocycles. The third kappa shape index (κ3) is 5.06. The molecule has 0 aliphatic heterocycles. The predicted molar refractivity (Wildman–Crippen MR) is 132 cm³/mol. The standard InChI is InChI=1S/C29H54O2/c1-19-14-15-29(18-28(19,8)9,20-10-12-24(30)22(16-20)26(2,3)4)21-11-13-25(31)23(17-21)27(5,6)7/h19-25,30-31H,10-18H2,1-9H3. The summed E-state index contributed by atoms with van der Waals surface area (Å²) in [6.07, 6.45) is 10.5. The van der Waals surface area contributed by atoms with Crippen molar-refractivity contribution in [1.29, 1.82) is 0 Å². The summed E-state index contributed by atoms with van der Waals surface area (Å²) in [6.45, 7) is 21.5. The highest BCUT2D eigenvalue weighted by Crippen LogP contribution is 2.63. The Labute approximate surface area is 194 Å². The molecule has 3 fully saturated rings. The highest BCUT2D eigenvalue weighted by atomic mass is 16.3. The van der Waals surface area contributed by atoms with Gasteiger partial charge in [-0.1, -0.05) is 62.3 Å². The second-order valence-electron chi connectivity index (χ2n) is 14.9. The second kappa shape index (κ2) is 8.61. The van der Waals surface area contributed by atoms with Gasteiger partial charge < -0.3 is 10.2 Å². The maximum Gasteiger partial charge on any atom is 0.0573 e. The van der Waals surface area contributed by atoms with E-state index in [9.17, 15) is 10.2 Å². The van der Waals surface area contributed by atoms with Gasteiger partial charge in [0.1, 0.15) is 0 Å². The van der Waals surface area contributed by atoms with Crippen molar-refractivity contribution < 1.29 is 10.2 Å². The van der Waals surface area contributed by atoms with Crippen LogP contribution in [-0.4, -0.2) is 22.4 Å². The topological polar surface area (TPSA) is 40.5 Å². The van der Waals surface area contributed by atoms with Crippen LogP contribution in [0.15, 0.2) is 0 Å². The zero-order valence-corrected chi connectivity index (χ0v) is 22.3. The molecule has 0 spiro atoms. The van der Waals surface area contributed by atoms with E-state index in [1.807, 2.05) is 0 Å². The highest BCUT2D eigenvalue weighted by Gasteiger charge is 2.55. The van der Waals surface area contributed by atoms with E-state index in [2.05, 4.69) is 62.3 Å². The molecule has 0 heterocycles. The predicted octanol–water partition coefficient (Wildman–Crippen LogP) is 7.47. The van der Waals surface area contributed by atoms with Crippen LogP contribution < -0.4 is 0 Å². The highest BCUT2D eigenvalue weighted by molar-refractivity contribution is 5.05. The van der Waals surface area contributed by atoms with Crippen molar-refractivity contribution in [3.05, 3.63) is 0 Å². The van der Waals surface area contributed by atoms with Crippen molar-refractivity contribution in [3.8, 4) is 0 Å². The van der Waals surface area contributed by atoms with Gasteiger partial charge in [0.15, 0.2) is 0 Å². The maximum atomic E-state index is 10.9. The molecular formula is C29H54O2. The van der Waals surface area contributed by atoms with Crippen molar-refractivity contribution in [3.63, 3.8) is 0 Å². The number of hydrogen-bond acceptors (Lipinski definition) is 2. The Hall–Kier alpha value is -0.0800.